The Morgan fingerprint density at radius 1 is 0.660 bits per heavy atom. The maximum absolute atomic E-state index is 13.0. The van der Waals surface area contributed by atoms with Crippen LogP contribution in [0, 0.1) is 13.8 Å². The van der Waals surface area contributed by atoms with Gasteiger partial charge >= 0.3 is 0 Å². The number of rotatable bonds is 14. The maximum Gasteiger partial charge on any atom is 0.255 e. The number of aryl methyl sites for hydroxylation is 2. The second kappa shape index (κ2) is 20.7. The first-order valence-electron chi connectivity index (χ1n) is 18.1. The fourth-order valence-corrected chi connectivity index (χ4v) is 6.49. The van der Waals surface area contributed by atoms with E-state index in [0.717, 1.165) is 43.6 Å². The van der Waals surface area contributed by atoms with E-state index in [-0.39, 0.29) is 22.6 Å². The largest absolute Gasteiger partial charge is 0.507 e. The van der Waals surface area contributed by atoms with E-state index in [2.05, 4.69) is 37.5 Å². The van der Waals surface area contributed by atoms with E-state index >= 15 is 0 Å². The molecule has 0 aliphatic carbocycles. The molecule has 1 aliphatic heterocycles. The van der Waals surface area contributed by atoms with Crippen molar-refractivity contribution in [3.8, 4) is 11.5 Å². The molecular formula is C40H55N5O8. The molecule has 288 valence electrons. The lowest BCUT2D eigenvalue weighted by Crippen LogP contribution is -2.40. The Morgan fingerprint density at radius 2 is 1.15 bits per heavy atom. The molecule has 0 radical (unpaired) electrons. The standard InChI is InChI=1S/C40H55N5O8/c1-28-17-31(37(50)35(19-28)39(52)41-33(24-46)25-47)22-44-13-6-11-43(21-30-9-4-3-5-10-30)12-7-14-45(16-8-15-44)23-32-18-29(2)20-36(38(32)51)40(53)42-34(26-48)27-49/h3-5,8-10,15,17-20,33-34,46-51H,6-7,11-14,16,21-27H2,1-2H3,(H,41,52)(H,42,53)/b15-8-. The Bertz CT molecular complexity index is 1660. The van der Waals surface area contributed by atoms with Crippen LogP contribution in [0.2, 0.25) is 0 Å². The number of nitrogens with one attached hydrogen (secondary N) is 2. The Kier molecular flexibility index (Phi) is 16.1. The molecule has 13 heteroatoms. The van der Waals surface area contributed by atoms with Crippen molar-refractivity contribution in [1.82, 2.24) is 25.3 Å². The number of aliphatic hydroxyl groups is 4. The van der Waals surface area contributed by atoms with Gasteiger partial charge in [-0.2, -0.15) is 0 Å². The van der Waals surface area contributed by atoms with Crippen LogP contribution in [0.4, 0.5) is 0 Å². The van der Waals surface area contributed by atoms with Crippen LogP contribution < -0.4 is 10.6 Å². The van der Waals surface area contributed by atoms with Gasteiger partial charge in [0, 0.05) is 56.9 Å². The summed E-state index contributed by atoms with van der Waals surface area (Å²) in [4.78, 5) is 32.7. The molecule has 4 rings (SSSR count). The van der Waals surface area contributed by atoms with Gasteiger partial charge < -0.3 is 46.2 Å². The predicted molar refractivity (Wildman–Crippen MR) is 202 cm³/mol. The highest BCUT2D eigenvalue weighted by Gasteiger charge is 2.22. The number of benzene rings is 3. The summed E-state index contributed by atoms with van der Waals surface area (Å²) < 4.78 is 0. The Hall–Kier alpha value is -4.50. The third-order valence-electron chi connectivity index (χ3n) is 9.27. The average molecular weight is 734 g/mol. The number of phenolic OH excluding ortho intramolecular Hbond substituents is 2. The summed E-state index contributed by atoms with van der Waals surface area (Å²) in [5.74, 6) is -1.47. The minimum Gasteiger partial charge on any atom is -0.507 e. The van der Waals surface area contributed by atoms with Crippen LogP contribution in [0.25, 0.3) is 0 Å². The minimum absolute atomic E-state index is 0.0692. The van der Waals surface area contributed by atoms with Gasteiger partial charge in [-0.15, -0.1) is 0 Å². The SMILES string of the molecule is Cc1cc(CN2/C=C\CN(Cc3cc(C)cc(C(=O)NC(CO)CO)c3O)CCCN(Cc3ccccc3)CCC2)c(O)c(C(=O)NC(CO)CO)c1. The zero-order valence-corrected chi connectivity index (χ0v) is 30.7. The molecule has 8 N–H and O–H groups in total. The normalized spacial score (nSPS) is 15.6. The van der Waals surface area contributed by atoms with Crippen LogP contribution in [0.5, 0.6) is 11.5 Å². The zero-order chi connectivity index (χ0) is 38.3. The number of carbonyl (C=O) groups excluding carboxylic acids is 2. The third-order valence-corrected chi connectivity index (χ3v) is 9.27. The number of phenols is 2. The number of hydrogen-bond donors (Lipinski definition) is 8. The molecule has 3 aromatic rings. The summed E-state index contributed by atoms with van der Waals surface area (Å²) in [7, 11) is 0. The van der Waals surface area contributed by atoms with Gasteiger partial charge in [0.15, 0.2) is 0 Å². The maximum atomic E-state index is 13.0. The molecule has 53 heavy (non-hydrogen) atoms. The van der Waals surface area contributed by atoms with Gasteiger partial charge in [0.05, 0.1) is 49.6 Å². The molecular weight excluding hydrogens is 678 g/mol. The van der Waals surface area contributed by atoms with Gasteiger partial charge in [0.2, 0.25) is 0 Å². The number of nitrogens with zero attached hydrogens (tertiary/aromatic N) is 3. The van der Waals surface area contributed by atoms with Crippen molar-refractivity contribution in [2.75, 3.05) is 59.2 Å². The van der Waals surface area contributed by atoms with E-state index in [9.17, 15) is 40.2 Å². The van der Waals surface area contributed by atoms with Crippen LogP contribution in [0.1, 0.15) is 61.4 Å². The molecule has 0 spiro atoms. The lowest BCUT2D eigenvalue weighted by molar-refractivity contribution is 0.0870. The quantitative estimate of drug-likeness (QED) is 0.121. The van der Waals surface area contributed by atoms with Crippen LogP contribution in [0.3, 0.4) is 0 Å². The van der Waals surface area contributed by atoms with Crippen LogP contribution in [-0.4, -0.2) is 128 Å². The van der Waals surface area contributed by atoms with E-state index < -0.39 is 50.3 Å². The Morgan fingerprint density at radius 3 is 1.68 bits per heavy atom. The van der Waals surface area contributed by atoms with Crippen molar-refractivity contribution in [2.45, 2.75) is 58.4 Å². The molecule has 0 saturated heterocycles. The van der Waals surface area contributed by atoms with Crippen LogP contribution in [-0.2, 0) is 19.6 Å². The topological polar surface area (TPSA) is 189 Å². The van der Waals surface area contributed by atoms with Crippen molar-refractivity contribution in [3.63, 3.8) is 0 Å². The third kappa shape index (κ3) is 12.3. The molecule has 0 atom stereocenters. The minimum atomic E-state index is -0.846. The Balaban J connectivity index is 1.60. The number of carbonyl (C=O) groups is 2. The van der Waals surface area contributed by atoms with Gasteiger partial charge in [-0.05, 0) is 68.3 Å². The fourth-order valence-electron chi connectivity index (χ4n) is 6.49. The average Bonchev–Trinajstić information content (AvgIpc) is 3.14. The van der Waals surface area contributed by atoms with Gasteiger partial charge in [-0.3, -0.25) is 19.4 Å². The first kappa shape index (κ1) is 41.3. The highest BCUT2D eigenvalue weighted by molar-refractivity contribution is 5.98. The molecule has 1 aliphatic rings. The Labute approximate surface area is 311 Å². The predicted octanol–water partition coefficient (Wildman–Crippen LogP) is 1.99. The van der Waals surface area contributed by atoms with Crippen LogP contribution in [0.15, 0.2) is 66.9 Å². The second-order valence-corrected chi connectivity index (χ2v) is 13.8. The number of aromatic hydroxyl groups is 2. The smallest absolute Gasteiger partial charge is 0.255 e. The molecule has 0 aromatic heterocycles. The first-order valence-corrected chi connectivity index (χ1v) is 18.1. The van der Waals surface area contributed by atoms with E-state index in [1.807, 2.05) is 56.5 Å². The summed E-state index contributed by atoms with van der Waals surface area (Å²) in [5, 5.41) is 65.4. The second-order valence-electron chi connectivity index (χ2n) is 13.8. The summed E-state index contributed by atoms with van der Waals surface area (Å²) in [6, 6.07) is 15.5. The number of hydrogen-bond acceptors (Lipinski definition) is 11. The van der Waals surface area contributed by atoms with Crippen molar-refractivity contribution in [2.24, 2.45) is 0 Å². The van der Waals surface area contributed by atoms with Gasteiger partial charge in [-0.1, -0.05) is 48.5 Å². The van der Waals surface area contributed by atoms with E-state index in [4.69, 9.17) is 0 Å². The molecule has 1 heterocycles. The van der Waals surface area contributed by atoms with Crippen molar-refractivity contribution < 1.29 is 40.2 Å². The summed E-state index contributed by atoms with van der Waals surface area (Å²) in [6.07, 6.45) is 5.74. The van der Waals surface area contributed by atoms with Crippen molar-refractivity contribution >= 4 is 11.8 Å². The number of aliphatic hydroxyl groups excluding tert-OH is 4. The summed E-state index contributed by atoms with van der Waals surface area (Å²) >= 11 is 0. The zero-order valence-electron chi connectivity index (χ0n) is 30.7. The van der Waals surface area contributed by atoms with E-state index in [1.165, 1.54) is 5.56 Å². The van der Waals surface area contributed by atoms with Crippen molar-refractivity contribution in [1.29, 1.82) is 0 Å². The van der Waals surface area contributed by atoms with Gasteiger partial charge in [0.25, 0.3) is 11.8 Å². The fraction of sp³-hybridized carbons (Fsp3) is 0.450. The molecule has 2 amide bonds. The highest BCUT2D eigenvalue weighted by Crippen LogP contribution is 2.28. The van der Waals surface area contributed by atoms with Crippen LogP contribution >= 0.6 is 0 Å². The van der Waals surface area contributed by atoms with Gasteiger partial charge in [0.1, 0.15) is 11.5 Å². The van der Waals surface area contributed by atoms with Crippen molar-refractivity contribution in [3.05, 3.63) is 106 Å². The summed E-state index contributed by atoms with van der Waals surface area (Å²) in [6.45, 7) is 7.00. The lowest BCUT2D eigenvalue weighted by Gasteiger charge is -2.29. The first-order chi connectivity index (χ1) is 25.5. The molecule has 0 fully saturated rings. The summed E-state index contributed by atoms with van der Waals surface area (Å²) in [5.41, 5.74) is 4.07. The molecule has 3 aromatic carbocycles. The van der Waals surface area contributed by atoms with Gasteiger partial charge in [-0.25, -0.2) is 0 Å². The van der Waals surface area contributed by atoms with E-state index in [1.54, 1.807) is 12.1 Å². The van der Waals surface area contributed by atoms with E-state index in [0.29, 0.717) is 43.9 Å². The number of amides is 2. The lowest BCUT2D eigenvalue weighted by atomic mass is 10.0. The molecule has 0 bridgehead atoms. The highest BCUT2D eigenvalue weighted by atomic mass is 16.3. The molecule has 13 nitrogen and oxygen atoms in total. The monoisotopic (exact) mass is 733 g/mol. The molecule has 0 saturated carbocycles. The molecule has 0 unspecified atom stereocenters.